The number of carbonyl (C=O) groups excluding carboxylic acids is 1. The van der Waals surface area contributed by atoms with Crippen LogP contribution in [0.5, 0.6) is 0 Å². The Morgan fingerprint density at radius 2 is 2.25 bits per heavy atom. The van der Waals surface area contributed by atoms with Crippen LogP contribution in [-0.2, 0) is 0 Å². The van der Waals surface area contributed by atoms with Crippen LogP contribution in [0.25, 0.3) is 0 Å². The molecule has 62 valence electrons. The molecule has 0 aromatic carbocycles. The van der Waals surface area contributed by atoms with E-state index in [4.69, 9.17) is 0 Å². The maximum Gasteiger partial charge on any atom is 0.203 e. The van der Waals surface area contributed by atoms with E-state index >= 15 is 0 Å². The number of aromatic nitrogens is 1. The number of hydrogen-bond donors (Lipinski definition) is 0. The largest absolute Gasteiger partial charge is 0.290 e. The van der Waals surface area contributed by atoms with Gasteiger partial charge in [0.15, 0.2) is 0 Å². The summed E-state index contributed by atoms with van der Waals surface area (Å²) in [6.07, 6.45) is 3.31. The SMILES string of the molecule is Cl.O=C1CN=Cc2cccnc21. The van der Waals surface area contributed by atoms with E-state index in [1.165, 1.54) is 0 Å². The molecule has 12 heavy (non-hydrogen) atoms. The first-order valence-electron chi connectivity index (χ1n) is 3.36. The normalized spacial score (nSPS) is 13.5. The molecule has 0 aliphatic carbocycles. The molecular formula is C8H7ClN2O. The summed E-state index contributed by atoms with van der Waals surface area (Å²) in [5.41, 5.74) is 1.37. The molecule has 1 aliphatic rings. The van der Waals surface area contributed by atoms with Crippen molar-refractivity contribution in [3.8, 4) is 0 Å². The third-order valence-corrected chi connectivity index (χ3v) is 1.57. The second-order valence-corrected chi connectivity index (χ2v) is 2.33. The minimum Gasteiger partial charge on any atom is -0.290 e. The van der Waals surface area contributed by atoms with Crippen molar-refractivity contribution in [1.29, 1.82) is 0 Å². The van der Waals surface area contributed by atoms with E-state index in [0.29, 0.717) is 5.69 Å². The average Bonchev–Trinajstić information content (AvgIpc) is 2.06. The van der Waals surface area contributed by atoms with Gasteiger partial charge in [0.05, 0.1) is 0 Å². The van der Waals surface area contributed by atoms with Crippen LogP contribution in [-0.4, -0.2) is 23.5 Å². The summed E-state index contributed by atoms with van der Waals surface area (Å²) in [6, 6.07) is 3.63. The Morgan fingerprint density at radius 3 is 3.00 bits per heavy atom. The molecule has 2 heterocycles. The highest BCUT2D eigenvalue weighted by molar-refractivity contribution is 6.06. The van der Waals surface area contributed by atoms with Gasteiger partial charge in [-0.25, -0.2) is 0 Å². The summed E-state index contributed by atoms with van der Waals surface area (Å²) < 4.78 is 0. The van der Waals surface area contributed by atoms with Crippen molar-refractivity contribution in [2.24, 2.45) is 4.99 Å². The number of nitrogens with zero attached hydrogens (tertiary/aromatic N) is 2. The minimum atomic E-state index is 0. The van der Waals surface area contributed by atoms with Gasteiger partial charge in [0.1, 0.15) is 12.2 Å². The first-order chi connectivity index (χ1) is 5.38. The molecule has 4 heteroatoms. The molecule has 1 aromatic heterocycles. The fourth-order valence-corrected chi connectivity index (χ4v) is 1.06. The minimum absolute atomic E-state index is 0. The lowest BCUT2D eigenvalue weighted by molar-refractivity contribution is 0.0996. The zero-order chi connectivity index (χ0) is 7.68. The second-order valence-electron chi connectivity index (χ2n) is 2.33. The number of fused-ring (bicyclic) bond motifs is 1. The molecule has 0 fully saturated rings. The van der Waals surface area contributed by atoms with Gasteiger partial charge in [0.25, 0.3) is 0 Å². The monoisotopic (exact) mass is 182 g/mol. The molecule has 0 amide bonds. The van der Waals surface area contributed by atoms with Crippen molar-refractivity contribution in [3.05, 3.63) is 29.6 Å². The highest BCUT2D eigenvalue weighted by Crippen LogP contribution is 2.07. The number of ketones is 1. The van der Waals surface area contributed by atoms with Crippen LogP contribution < -0.4 is 0 Å². The lowest BCUT2D eigenvalue weighted by Gasteiger charge is -2.05. The Labute approximate surface area is 75.9 Å². The summed E-state index contributed by atoms with van der Waals surface area (Å²) in [7, 11) is 0. The van der Waals surface area contributed by atoms with Crippen molar-refractivity contribution in [2.45, 2.75) is 0 Å². The van der Waals surface area contributed by atoms with Crippen molar-refractivity contribution in [2.75, 3.05) is 6.54 Å². The van der Waals surface area contributed by atoms with Crippen molar-refractivity contribution < 1.29 is 4.79 Å². The van der Waals surface area contributed by atoms with E-state index in [1.54, 1.807) is 18.5 Å². The third-order valence-electron chi connectivity index (χ3n) is 1.57. The van der Waals surface area contributed by atoms with Crippen LogP contribution in [0.3, 0.4) is 0 Å². The molecule has 2 rings (SSSR count). The Morgan fingerprint density at radius 1 is 1.42 bits per heavy atom. The van der Waals surface area contributed by atoms with E-state index in [2.05, 4.69) is 9.98 Å². The van der Waals surface area contributed by atoms with Crippen LogP contribution >= 0.6 is 12.4 Å². The van der Waals surface area contributed by atoms with Gasteiger partial charge >= 0.3 is 0 Å². The van der Waals surface area contributed by atoms with Gasteiger partial charge in [-0.3, -0.25) is 14.8 Å². The first-order valence-corrected chi connectivity index (χ1v) is 3.36. The van der Waals surface area contributed by atoms with E-state index < -0.39 is 0 Å². The third kappa shape index (κ3) is 1.36. The number of halogens is 1. The summed E-state index contributed by atoms with van der Waals surface area (Å²) >= 11 is 0. The zero-order valence-corrected chi connectivity index (χ0v) is 7.04. The van der Waals surface area contributed by atoms with E-state index in [1.807, 2.05) is 6.07 Å². The molecule has 0 spiro atoms. The van der Waals surface area contributed by atoms with Crippen molar-refractivity contribution in [1.82, 2.24) is 4.98 Å². The summed E-state index contributed by atoms with van der Waals surface area (Å²) in [5.74, 6) is 0.00287. The maximum absolute atomic E-state index is 11.1. The molecule has 0 N–H and O–H groups in total. The Kier molecular flexibility index (Phi) is 2.55. The van der Waals surface area contributed by atoms with Crippen LogP contribution in [0.15, 0.2) is 23.3 Å². The molecule has 0 saturated carbocycles. The van der Waals surface area contributed by atoms with Crippen LogP contribution in [0, 0.1) is 0 Å². The van der Waals surface area contributed by atoms with Crippen molar-refractivity contribution >= 4 is 24.4 Å². The van der Waals surface area contributed by atoms with E-state index in [9.17, 15) is 4.79 Å². The van der Waals surface area contributed by atoms with Crippen LogP contribution in [0.1, 0.15) is 16.1 Å². The molecule has 1 aliphatic heterocycles. The van der Waals surface area contributed by atoms with Gasteiger partial charge < -0.3 is 0 Å². The van der Waals surface area contributed by atoms with Crippen molar-refractivity contribution in [3.63, 3.8) is 0 Å². The second kappa shape index (κ2) is 3.45. The summed E-state index contributed by atoms with van der Waals surface area (Å²) in [4.78, 5) is 19.0. The molecule has 0 unspecified atom stereocenters. The molecular weight excluding hydrogens is 176 g/mol. The fourth-order valence-electron chi connectivity index (χ4n) is 1.06. The average molecular weight is 183 g/mol. The number of pyridine rings is 1. The van der Waals surface area contributed by atoms with Gasteiger partial charge in [-0.05, 0) is 12.1 Å². The predicted molar refractivity (Wildman–Crippen MR) is 48.3 cm³/mol. The number of hydrogen-bond acceptors (Lipinski definition) is 3. The number of rotatable bonds is 0. The summed E-state index contributed by atoms with van der Waals surface area (Å²) in [6.45, 7) is 0.240. The smallest absolute Gasteiger partial charge is 0.203 e. The van der Waals surface area contributed by atoms with Crippen LogP contribution in [0.2, 0.25) is 0 Å². The molecule has 0 atom stereocenters. The van der Waals surface area contributed by atoms with Gasteiger partial charge in [-0.15, -0.1) is 12.4 Å². The number of aliphatic imine (C=N–C) groups is 1. The van der Waals surface area contributed by atoms with Gasteiger partial charge in [-0.1, -0.05) is 0 Å². The molecule has 0 bridgehead atoms. The maximum atomic E-state index is 11.1. The number of carbonyl (C=O) groups is 1. The summed E-state index contributed by atoms with van der Waals surface area (Å²) in [5, 5.41) is 0. The lowest BCUT2D eigenvalue weighted by atomic mass is 10.1. The fraction of sp³-hybridized carbons (Fsp3) is 0.125. The quantitative estimate of drug-likeness (QED) is 0.604. The molecule has 3 nitrogen and oxygen atoms in total. The van der Waals surface area contributed by atoms with Gasteiger partial charge in [-0.2, -0.15) is 0 Å². The number of Topliss-reactive ketones (excluding diaryl/α,β-unsaturated/α-hetero) is 1. The zero-order valence-electron chi connectivity index (χ0n) is 6.23. The molecule has 0 radical (unpaired) electrons. The standard InChI is InChI=1S/C8H6N2O.ClH/c11-7-5-9-4-6-2-1-3-10-8(6)7;/h1-4H,5H2;1H. The Balaban J connectivity index is 0.000000720. The van der Waals surface area contributed by atoms with Gasteiger partial charge in [0.2, 0.25) is 5.78 Å². The predicted octanol–water partition coefficient (Wildman–Crippen LogP) is 1.12. The first kappa shape index (κ1) is 8.87. The van der Waals surface area contributed by atoms with Crippen LogP contribution in [0.4, 0.5) is 0 Å². The Hall–Kier alpha value is -1.22. The Bertz CT molecular complexity index is 336. The molecule has 0 saturated heterocycles. The highest BCUT2D eigenvalue weighted by Gasteiger charge is 2.13. The highest BCUT2D eigenvalue weighted by atomic mass is 35.5. The topological polar surface area (TPSA) is 42.3 Å². The molecule has 1 aromatic rings. The lowest BCUT2D eigenvalue weighted by Crippen LogP contribution is -2.13. The van der Waals surface area contributed by atoms with E-state index in [-0.39, 0.29) is 24.7 Å². The van der Waals surface area contributed by atoms with E-state index in [0.717, 1.165) is 5.56 Å². The van der Waals surface area contributed by atoms with Gasteiger partial charge in [0, 0.05) is 18.0 Å².